The van der Waals surface area contributed by atoms with E-state index in [9.17, 15) is 0 Å². The first kappa shape index (κ1) is 12.9. The molecule has 0 radical (unpaired) electrons. The van der Waals surface area contributed by atoms with Crippen molar-refractivity contribution in [1.82, 2.24) is 0 Å². The number of likely N-dealkylation sites (tertiary alicyclic amines) is 2. The average molecular weight is 252 g/mol. The van der Waals surface area contributed by atoms with E-state index >= 15 is 0 Å². The van der Waals surface area contributed by atoms with Crippen molar-refractivity contribution in [2.45, 2.75) is 70.4 Å². The zero-order valence-corrected chi connectivity index (χ0v) is 12.2. The summed E-state index contributed by atoms with van der Waals surface area (Å²) in [5.41, 5.74) is 0. The van der Waals surface area contributed by atoms with Gasteiger partial charge in [-0.2, -0.15) is 0 Å². The number of nitrogens with one attached hydrogen (secondary N) is 2. The van der Waals surface area contributed by atoms with E-state index in [1.807, 2.05) is 9.80 Å². The Bertz CT molecular complexity index is 239. The van der Waals surface area contributed by atoms with Gasteiger partial charge < -0.3 is 9.80 Å². The van der Waals surface area contributed by atoms with Crippen LogP contribution in [0.2, 0.25) is 0 Å². The lowest BCUT2D eigenvalue weighted by Gasteiger charge is -2.38. The summed E-state index contributed by atoms with van der Waals surface area (Å²) in [5, 5.41) is 0. The molecule has 2 aliphatic heterocycles. The zero-order chi connectivity index (χ0) is 12.4. The number of rotatable bonds is 2. The molecule has 2 saturated heterocycles. The van der Waals surface area contributed by atoms with Gasteiger partial charge >= 0.3 is 0 Å². The molecule has 0 unspecified atom stereocenters. The largest absolute Gasteiger partial charge is 0.332 e. The van der Waals surface area contributed by atoms with E-state index in [-0.39, 0.29) is 0 Å². The van der Waals surface area contributed by atoms with Crippen LogP contribution in [0.15, 0.2) is 0 Å². The fourth-order valence-electron chi connectivity index (χ4n) is 4.80. The Morgan fingerprint density at radius 3 is 1.94 bits per heavy atom. The summed E-state index contributed by atoms with van der Waals surface area (Å²) < 4.78 is 0. The summed E-state index contributed by atoms with van der Waals surface area (Å²) in [4.78, 5) is 3.92. The lowest BCUT2D eigenvalue weighted by Crippen LogP contribution is -3.22. The third-order valence-corrected chi connectivity index (χ3v) is 5.97. The minimum atomic E-state index is 1.01. The highest BCUT2D eigenvalue weighted by atomic mass is 15.2. The van der Waals surface area contributed by atoms with Crippen molar-refractivity contribution < 1.29 is 9.80 Å². The molecule has 18 heavy (non-hydrogen) atoms. The van der Waals surface area contributed by atoms with Gasteiger partial charge in [0.1, 0.15) is 0 Å². The lowest BCUT2D eigenvalue weighted by atomic mass is 9.98. The predicted molar refractivity (Wildman–Crippen MR) is 75.1 cm³/mol. The van der Waals surface area contributed by atoms with Crippen molar-refractivity contribution >= 4 is 0 Å². The van der Waals surface area contributed by atoms with Gasteiger partial charge in [0.05, 0.1) is 38.3 Å². The van der Waals surface area contributed by atoms with Crippen molar-refractivity contribution in [3.05, 3.63) is 0 Å². The Hall–Kier alpha value is -0.0800. The molecule has 0 aromatic rings. The number of hydrogen-bond acceptors (Lipinski definition) is 0. The molecule has 2 heteroatoms. The molecule has 3 rings (SSSR count). The van der Waals surface area contributed by atoms with Crippen molar-refractivity contribution in [1.29, 1.82) is 0 Å². The van der Waals surface area contributed by atoms with Crippen molar-refractivity contribution in [2.75, 3.05) is 26.2 Å². The standard InChI is InChI=1S/C16H30N2/c1-14-5-6-16(13-14)18-11-7-15(8-12-18)17-9-3-2-4-10-17/h14-16H,2-13H2,1H3/p+2/t14-,16-/m0/s1. The van der Waals surface area contributed by atoms with E-state index in [2.05, 4.69) is 6.92 Å². The number of piperidine rings is 2. The molecular formula is C16H32N2+2. The molecule has 0 bridgehead atoms. The minimum Gasteiger partial charge on any atom is -0.332 e. The van der Waals surface area contributed by atoms with E-state index in [4.69, 9.17) is 0 Å². The molecule has 2 nitrogen and oxygen atoms in total. The Morgan fingerprint density at radius 2 is 1.33 bits per heavy atom. The van der Waals surface area contributed by atoms with Gasteiger partial charge in [-0.15, -0.1) is 0 Å². The van der Waals surface area contributed by atoms with Gasteiger partial charge in [0.2, 0.25) is 0 Å². The van der Waals surface area contributed by atoms with Crippen LogP contribution in [-0.4, -0.2) is 38.3 Å². The molecule has 0 spiro atoms. The molecule has 0 amide bonds. The first-order chi connectivity index (χ1) is 8.83. The predicted octanol–water partition coefficient (Wildman–Crippen LogP) is 0.291. The van der Waals surface area contributed by atoms with Gasteiger partial charge in [0, 0.05) is 19.3 Å². The van der Waals surface area contributed by atoms with Crippen LogP contribution in [-0.2, 0) is 0 Å². The number of hydrogen-bond donors (Lipinski definition) is 2. The molecular weight excluding hydrogens is 220 g/mol. The molecule has 104 valence electrons. The molecule has 3 fully saturated rings. The normalized spacial score (nSPS) is 43.2. The minimum absolute atomic E-state index is 1.01. The van der Waals surface area contributed by atoms with E-state index in [1.54, 1.807) is 0 Å². The van der Waals surface area contributed by atoms with Crippen LogP contribution in [0.25, 0.3) is 0 Å². The molecule has 0 aromatic heterocycles. The summed E-state index contributed by atoms with van der Waals surface area (Å²) in [6, 6.07) is 2.05. The van der Waals surface area contributed by atoms with Crippen LogP contribution in [0.4, 0.5) is 0 Å². The van der Waals surface area contributed by atoms with E-state index in [0.717, 1.165) is 18.0 Å². The Balaban J connectivity index is 1.45. The van der Waals surface area contributed by atoms with Crippen LogP contribution in [0.1, 0.15) is 58.3 Å². The highest BCUT2D eigenvalue weighted by Gasteiger charge is 2.36. The lowest BCUT2D eigenvalue weighted by molar-refractivity contribution is -0.970. The van der Waals surface area contributed by atoms with Gasteiger partial charge in [0.25, 0.3) is 0 Å². The summed E-state index contributed by atoms with van der Waals surface area (Å²) in [7, 11) is 0. The van der Waals surface area contributed by atoms with Crippen molar-refractivity contribution in [2.24, 2.45) is 5.92 Å². The molecule has 0 aromatic carbocycles. The fourth-order valence-corrected chi connectivity index (χ4v) is 4.80. The monoisotopic (exact) mass is 252 g/mol. The Morgan fingerprint density at radius 1 is 0.667 bits per heavy atom. The van der Waals surface area contributed by atoms with E-state index in [0.29, 0.717) is 0 Å². The third-order valence-electron chi connectivity index (χ3n) is 5.97. The smallest absolute Gasteiger partial charge is 0.0983 e. The maximum Gasteiger partial charge on any atom is 0.0983 e. The molecule has 2 heterocycles. The second-order valence-electron chi connectivity index (χ2n) is 7.27. The van der Waals surface area contributed by atoms with Gasteiger partial charge in [-0.05, 0) is 38.0 Å². The van der Waals surface area contributed by atoms with Crippen molar-refractivity contribution in [3.63, 3.8) is 0 Å². The molecule has 1 saturated carbocycles. The van der Waals surface area contributed by atoms with Gasteiger partial charge in [-0.25, -0.2) is 0 Å². The summed E-state index contributed by atoms with van der Waals surface area (Å²) >= 11 is 0. The molecule has 3 aliphatic rings. The molecule has 1 aliphatic carbocycles. The summed E-state index contributed by atoms with van der Waals surface area (Å²) in [5.74, 6) is 1.01. The first-order valence-corrected chi connectivity index (χ1v) is 8.52. The van der Waals surface area contributed by atoms with Gasteiger partial charge in [-0.1, -0.05) is 6.92 Å². The molecule has 2 N–H and O–H groups in total. The quantitative estimate of drug-likeness (QED) is 0.699. The van der Waals surface area contributed by atoms with E-state index < -0.39 is 0 Å². The Labute approximate surface area is 113 Å². The van der Waals surface area contributed by atoms with Gasteiger partial charge in [-0.3, -0.25) is 0 Å². The maximum absolute atomic E-state index is 2.45. The summed E-state index contributed by atoms with van der Waals surface area (Å²) in [6.07, 6.45) is 12.0. The average Bonchev–Trinajstić information content (AvgIpc) is 2.87. The van der Waals surface area contributed by atoms with Crippen LogP contribution in [0.3, 0.4) is 0 Å². The maximum atomic E-state index is 2.45. The SMILES string of the molecule is C[C@H]1CC[C@H]([NH+]2CCC([NH+]3CCCCC3)CC2)C1. The highest BCUT2D eigenvalue weighted by Crippen LogP contribution is 2.23. The first-order valence-electron chi connectivity index (χ1n) is 8.52. The topological polar surface area (TPSA) is 8.88 Å². The fraction of sp³-hybridized carbons (Fsp3) is 1.00. The van der Waals surface area contributed by atoms with E-state index in [1.165, 1.54) is 77.5 Å². The second kappa shape index (κ2) is 5.92. The summed E-state index contributed by atoms with van der Waals surface area (Å²) in [6.45, 7) is 8.35. The van der Waals surface area contributed by atoms with Crippen LogP contribution in [0, 0.1) is 5.92 Å². The third kappa shape index (κ3) is 2.91. The Kier molecular flexibility index (Phi) is 4.25. The van der Waals surface area contributed by atoms with Crippen LogP contribution >= 0.6 is 0 Å². The van der Waals surface area contributed by atoms with Crippen LogP contribution in [0.5, 0.6) is 0 Å². The number of quaternary nitrogens is 2. The second-order valence-corrected chi connectivity index (χ2v) is 7.27. The zero-order valence-electron chi connectivity index (χ0n) is 12.2. The molecule has 2 atom stereocenters. The van der Waals surface area contributed by atoms with Crippen molar-refractivity contribution in [3.8, 4) is 0 Å². The highest BCUT2D eigenvalue weighted by molar-refractivity contribution is 4.73. The van der Waals surface area contributed by atoms with Crippen LogP contribution < -0.4 is 9.80 Å². The van der Waals surface area contributed by atoms with Gasteiger partial charge in [0.15, 0.2) is 0 Å².